The zero-order valence-corrected chi connectivity index (χ0v) is 20.6. The number of nitro benzene ring substituents is 1. The van der Waals surface area contributed by atoms with E-state index in [4.69, 9.17) is 16.3 Å². The van der Waals surface area contributed by atoms with Crippen LogP contribution in [0.15, 0.2) is 68.6 Å². The summed E-state index contributed by atoms with van der Waals surface area (Å²) in [7, 11) is 0. The number of hydrogen-bond acceptors (Lipinski definition) is 5. The number of carbonyl (C=O) groups excluding carboxylic acids is 1. The van der Waals surface area contributed by atoms with Crippen molar-refractivity contribution in [2.45, 2.75) is 13.5 Å². The first-order valence-corrected chi connectivity index (χ1v) is 11.2. The minimum Gasteiger partial charge on any atom is -0.487 e. The molecule has 3 aromatic carbocycles. The van der Waals surface area contributed by atoms with Crippen LogP contribution >= 0.6 is 43.5 Å². The summed E-state index contributed by atoms with van der Waals surface area (Å²) in [5.74, 6) is 0.158. The molecule has 0 aliphatic rings. The third-order valence-corrected chi connectivity index (χ3v) is 5.92. The topological polar surface area (TPSA) is 93.8 Å². The van der Waals surface area contributed by atoms with Crippen LogP contribution in [-0.4, -0.2) is 17.0 Å². The lowest BCUT2D eigenvalue weighted by Gasteiger charge is -2.11. The number of nitrogens with one attached hydrogen (secondary N) is 1. The Hall–Kier alpha value is -2.75. The second-order valence-corrected chi connectivity index (χ2v) is 8.81. The lowest BCUT2D eigenvalue weighted by Crippen LogP contribution is -2.17. The molecule has 0 radical (unpaired) electrons. The van der Waals surface area contributed by atoms with Crippen molar-refractivity contribution < 1.29 is 14.5 Å². The van der Waals surface area contributed by atoms with Gasteiger partial charge in [0, 0.05) is 22.7 Å². The van der Waals surface area contributed by atoms with Gasteiger partial charge in [-0.1, -0.05) is 29.8 Å². The lowest BCUT2D eigenvalue weighted by atomic mass is 10.1. The second-order valence-electron chi connectivity index (χ2n) is 6.69. The van der Waals surface area contributed by atoms with Crippen LogP contribution in [0.5, 0.6) is 5.75 Å². The Kier molecular flexibility index (Phi) is 8.00. The molecule has 1 amide bonds. The molecule has 7 nitrogen and oxygen atoms in total. The Labute approximate surface area is 205 Å². The van der Waals surface area contributed by atoms with Crippen molar-refractivity contribution in [2.24, 2.45) is 5.10 Å². The van der Waals surface area contributed by atoms with Gasteiger partial charge in [-0.15, -0.1) is 0 Å². The van der Waals surface area contributed by atoms with Gasteiger partial charge >= 0.3 is 0 Å². The van der Waals surface area contributed by atoms with Crippen molar-refractivity contribution in [3.05, 3.63) is 101 Å². The van der Waals surface area contributed by atoms with Crippen molar-refractivity contribution in [2.75, 3.05) is 0 Å². The van der Waals surface area contributed by atoms with Crippen molar-refractivity contribution in [3.8, 4) is 5.75 Å². The van der Waals surface area contributed by atoms with Crippen molar-refractivity contribution in [3.63, 3.8) is 0 Å². The van der Waals surface area contributed by atoms with Crippen LogP contribution in [0.1, 0.15) is 27.0 Å². The molecule has 0 aliphatic heterocycles. The van der Waals surface area contributed by atoms with Gasteiger partial charge in [0.15, 0.2) is 0 Å². The second kappa shape index (κ2) is 10.7. The van der Waals surface area contributed by atoms with E-state index in [1.807, 2.05) is 6.92 Å². The van der Waals surface area contributed by atoms with Gasteiger partial charge in [0.1, 0.15) is 12.4 Å². The average molecular weight is 582 g/mol. The smallest absolute Gasteiger partial charge is 0.271 e. The highest BCUT2D eigenvalue weighted by atomic mass is 79.9. The highest BCUT2D eigenvalue weighted by Crippen LogP contribution is 2.35. The minimum absolute atomic E-state index is 0.00532. The van der Waals surface area contributed by atoms with Gasteiger partial charge in [0.05, 0.1) is 20.1 Å². The molecule has 0 bridgehead atoms. The Bertz CT molecular complexity index is 1190. The first-order valence-electron chi connectivity index (χ1n) is 9.19. The summed E-state index contributed by atoms with van der Waals surface area (Å²) >= 11 is 13.0. The van der Waals surface area contributed by atoms with E-state index in [2.05, 4.69) is 42.4 Å². The van der Waals surface area contributed by atoms with E-state index in [0.29, 0.717) is 36.4 Å². The van der Waals surface area contributed by atoms with Gasteiger partial charge in [0.25, 0.3) is 11.6 Å². The van der Waals surface area contributed by atoms with Crippen LogP contribution in [-0.2, 0) is 6.61 Å². The Morgan fingerprint density at radius 3 is 2.56 bits per heavy atom. The summed E-state index contributed by atoms with van der Waals surface area (Å²) in [5.41, 5.74) is 5.13. The average Bonchev–Trinajstić information content (AvgIpc) is 2.75. The molecule has 32 heavy (non-hydrogen) atoms. The summed E-state index contributed by atoms with van der Waals surface area (Å²) in [6.07, 6.45) is 1.49. The molecule has 0 fully saturated rings. The molecule has 0 spiro atoms. The predicted molar refractivity (Wildman–Crippen MR) is 131 cm³/mol. The maximum absolute atomic E-state index is 12.2. The number of non-ortho nitro benzene ring substituents is 1. The number of benzene rings is 3. The van der Waals surface area contributed by atoms with Crippen LogP contribution in [0.4, 0.5) is 5.69 Å². The Balaban J connectivity index is 1.66. The van der Waals surface area contributed by atoms with Crippen molar-refractivity contribution >= 4 is 61.3 Å². The molecule has 1 N–H and O–H groups in total. The molecule has 3 rings (SSSR count). The molecule has 0 aliphatic carbocycles. The van der Waals surface area contributed by atoms with Crippen molar-refractivity contribution in [1.82, 2.24) is 5.43 Å². The van der Waals surface area contributed by atoms with Gasteiger partial charge in [-0.25, -0.2) is 5.43 Å². The van der Waals surface area contributed by atoms with E-state index in [-0.39, 0.29) is 18.2 Å². The van der Waals surface area contributed by atoms with Gasteiger partial charge in [-0.2, -0.15) is 5.10 Å². The number of carbonyl (C=O) groups is 1. The maximum Gasteiger partial charge on any atom is 0.271 e. The predicted octanol–water partition coefficient (Wildman–Crippen LogP) is 6.42. The highest BCUT2D eigenvalue weighted by molar-refractivity contribution is 9.11. The molecule has 164 valence electrons. The van der Waals surface area contributed by atoms with Gasteiger partial charge in [0.2, 0.25) is 0 Å². The highest BCUT2D eigenvalue weighted by Gasteiger charge is 2.11. The number of halogens is 3. The summed E-state index contributed by atoms with van der Waals surface area (Å²) in [4.78, 5) is 22.7. The summed E-state index contributed by atoms with van der Waals surface area (Å²) < 4.78 is 7.12. The van der Waals surface area contributed by atoms with Gasteiger partial charge < -0.3 is 4.74 Å². The van der Waals surface area contributed by atoms with Crippen LogP contribution in [0.2, 0.25) is 5.02 Å². The normalized spacial score (nSPS) is 10.9. The molecule has 10 heteroatoms. The Morgan fingerprint density at radius 1 is 1.19 bits per heavy atom. The fourth-order valence-corrected chi connectivity index (χ4v) is 4.30. The molecule has 0 saturated carbocycles. The van der Waals surface area contributed by atoms with Crippen LogP contribution < -0.4 is 10.2 Å². The van der Waals surface area contributed by atoms with E-state index < -0.39 is 4.92 Å². The fourth-order valence-electron chi connectivity index (χ4n) is 2.67. The number of nitrogens with zero attached hydrogens (tertiary/aromatic N) is 2. The molecule has 3 aromatic rings. The van der Waals surface area contributed by atoms with Gasteiger partial charge in [-0.3, -0.25) is 14.9 Å². The van der Waals surface area contributed by atoms with Gasteiger partial charge in [-0.05, 0) is 79.7 Å². The van der Waals surface area contributed by atoms with Crippen LogP contribution in [0, 0.1) is 17.0 Å². The summed E-state index contributed by atoms with van der Waals surface area (Å²) in [6, 6.07) is 14.8. The van der Waals surface area contributed by atoms with E-state index >= 15 is 0 Å². The number of nitro groups is 1. The van der Waals surface area contributed by atoms with E-state index in [0.717, 1.165) is 5.56 Å². The third-order valence-electron chi connectivity index (χ3n) is 4.34. The summed E-state index contributed by atoms with van der Waals surface area (Å²) in [5, 5.41) is 15.4. The Morgan fingerprint density at radius 2 is 1.91 bits per heavy atom. The first kappa shape index (κ1) is 23.9. The lowest BCUT2D eigenvalue weighted by molar-refractivity contribution is -0.384. The number of rotatable bonds is 7. The number of aryl methyl sites for hydroxylation is 1. The molecule has 0 atom stereocenters. The van der Waals surface area contributed by atoms with Crippen LogP contribution in [0.25, 0.3) is 0 Å². The quantitative estimate of drug-likeness (QED) is 0.198. The zero-order valence-electron chi connectivity index (χ0n) is 16.6. The zero-order chi connectivity index (χ0) is 23.3. The van der Waals surface area contributed by atoms with E-state index in [9.17, 15) is 14.9 Å². The van der Waals surface area contributed by atoms with E-state index in [1.54, 1.807) is 42.5 Å². The molecular weight excluding hydrogens is 566 g/mol. The largest absolute Gasteiger partial charge is 0.487 e. The number of amides is 1. The number of hydrogen-bond donors (Lipinski definition) is 1. The molecule has 0 aromatic heterocycles. The fraction of sp³-hybridized carbons (Fsp3) is 0.0909. The standard InChI is InChI=1S/C22H16Br2ClN3O4/c1-13-5-6-16(10-20(13)25)22(29)27-26-11-15-8-18(23)21(19(24)9-15)32-12-14-3-2-4-17(7-14)28(30)31/h2-11H,12H2,1H3,(H,27,29)/b26-11-. The minimum atomic E-state index is -0.449. The molecule has 0 heterocycles. The monoisotopic (exact) mass is 579 g/mol. The molecule has 0 unspecified atom stereocenters. The SMILES string of the molecule is Cc1ccc(C(=O)N/N=C\c2cc(Br)c(OCc3cccc([N+](=O)[O-])c3)c(Br)c2)cc1Cl. The molecule has 0 saturated heterocycles. The third kappa shape index (κ3) is 6.15. The van der Waals surface area contributed by atoms with Crippen molar-refractivity contribution in [1.29, 1.82) is 0 Å². The number of ether oxygens (including phenoxy) is 1. The summed E-state index contributed by atoms with van der Waals surface area (Å²) in [6.45, 7) is 2.01. The van der Waals surface area contributed by atoms with Crippen LogP contribution in [0.3, 0.4) is 0 Å². The first-order chi connectivity index (χ1) is 15.2. The maximum atomic E-state index is 12.2. The number of hydrazone groups is 1. The molecular formula is C22H16Br2ClN3O4. The van der Waals surface area contributed by atoms with E-state index in [1.165, 1.54) is 18.3 Å².